The molecular weight excluding hydrogens is 376 g/mol. The molecular formula is C23H26N6O. The van der Waals surface area contributed by atoms with Crippen molar-refractivity contribution in [2.75, 3.05) is 24.7 Å². The number of hydrogen-bond acceptors (Lipinski definition) is 6. The highest BCUT2D eigenvalue weighted by Crippen LogP contribution is 2.28. The van der Waals surface area contributed by atoms with Crippen molar-refractivity contribution in [2.24, 2.45) is 0 Å². The molecule has 0 radical (unpaired) electrons. The van der Waals surface area contributed by atoms with Gasteiger partial charge in [0.1, 0.15) is 5.82 Å². The van der Waals surface area contributed by atoms with Crippen LogP contribution in [0.1, 0.15) is 25.0 Å². The number of ether oxygens (including phenoxy) is 1. The molecule has 7 nitrogen and oxygen atoms in total. The average molecular weight is 403 g/mol. The maximum Gasteiger partial charge on any atom is 0.153 e. The van der Waals surface area contributed by atoms with E-state index in [2.05, 4.69) is 57.8 Å². The summed E-state index contributed by atoms with van der Waals surface area (Å²) in [6.07, 6.45) is 0. The fraction of sp³-hybridized carbons (Fsp3) is 0.261. The van der Waals surface area contributed by atoms with Crippen molar-refractivity contribution in [3.63, 3.8) is 0 Å². The number of nitrogens with zero attached hydrogens (tertiary/aromatic N) is 3. The molecule has 4 aromatic rings. The molecule has 0 aliphatic carbocycles. The first kappa shape index (κ1) is 19.8. The Hall–Kier alpha value is -3.45. The molecule has 0 amide bonds. The van der Waals surface area contributed by atoms with Gasteiger partial charge in [-0.2, -0.15) is 5.10 Å². The first-order valence-electron chi connectivity index (χ1n) is 9.87. The van der Waals surface area contributed by atoms with Gasteiger partial charge in [0.2, 0.25) is 0 Å². The summed E-state index contributed by atoms with van der Waals surface area (Å²) in [5.41, 5.74) is 10.9. The number of rotatable bonds is 7. The Bertz CT molecular complexity index is 1150. The van der Waals surface area contributed by atoms with E-state index in [1.165, 1.54) is 11.1 Å². The van der Waals surface area contributed by atoms with Crippen molar-refractivity contribution >= 4 is 22.5 Å². The molecule has 0 aliphatic rings. The van der Waals surface area contributed by atoms with Gasteiger partial charge in [-0.3, -0.25) is 5.10 Å². The maximum absolute atomic E-state index is 5.91. The van der Waals surface area contributed by atoms with Crippen molar-refractivity contribution in [1.82, 2.24) is 20.4 Å². The Balaban J connectivity index is 1.49. The van der Waals surface area contributed by atoms with Crippen LogP contribution < -0.4 is 11.1 Å². The third-order valence-corrected chi connectivity index (χ3v) is 5.31. The highest BCUT2D eigenvalue weighted by Gasteiger charge is 2.23. The van der Waals surface area contributed by atoms with Crippen molar-refractivity contribution in [2.45, 2.75) is 25.9 Å². The number of hydrogen-bond donors (Lipinski definition) is 3. The predicted molar refractivity (Wildman–Crippen MR) is 120 cm³/mol. The summed E-state index contributed by atoms with van der Waals surface area (Å²) in [4.78, 5) is 0. The van der Waals surface area contributed by atoms with Gasteiger partial charge in [0.05, 0.1) is 17.8 Å². The lowest BCUT2D eigenvalue weighted by Crippen LogP contribution is -2.29. The van der Waals surface area contributed by atoms with E-state index in [1.807, 2.05) is 36.4 Å². The molecule has 154 valence electrons. The second-order valence-electron chi connectivity index (χ2n) is 8.00. The van der Waals surface area contributed by atoms with E-state index in [-0.39, 0.29) is 5.41 Å². The van der Waals surface area contributed by atoms with Crippen molar-refractivity contribution in [1.29, 1.82) is 0 Å². The van der Waals surface area contributed by atoms with E-state index < -0.39 is 0 Å². The smallest absolute Gasteiger partial charge is 0.153 e. The molecule has 0 spiro atoms. The minimum Gasteiger partial charge on any atom is -0.382 e. The number of H-pyrrole nitrogens is 1. The van der Waals surface area contributed by atoms with Crippen LogP contribution in [0, 0.1) is 0 Å². The van der Waals surface area contributed by atoms with Crippen molar-refractivity contribution in [3.8, 4) is 11.3 Å². The molecule has 0 atom stereocenters. The number of nitrogens with two attached hydrogens (primary N) is 1. The molecule has 0 aliphatic heterocycles. The SMILES string of the molecule is COCc1ccccc1C(C)(C)CNc1ccc(-c2ccc3[nH]nc(N)c3c2)nn1. The Labute approximate surface area is 175 Å². The van der Waals surface area contributed by atoms with Crippen LogP contribution in [-0.2, 0) is 16.8 Å². The summed E-state index contributed by atoms with van der Waals surface area (Å²) >= 11 is 0. The average Bonchev–Trinajstić information content (AvgIpc) is 3.13. The van der Waals surface area contributed by atoms with Crippen molar-refractivity contribution in [3.05, 3.63) is 65.7 Å². The van der Waals surface area contributed by atoms with Crippen LogP contribution >= 0.6 is 0 Å². The fourth-order valence-electron chi connectivity index (χ4n) is 3.64. The standard InChI is InChI=1S/C23H26N6O/c1-23(2,18-7-5-4-6-16(18)13-30-3)14-25-21-11-10-19(26-28-21)15-8-9-20-17(12-15)22(24)29-27-20/h4-12H,13-14H2,1-3H3,(H,25,28)(H3,24,27,29). The topological polar surface area (TPSA) is 102 Å². The Morgan fingerprint density at radius 3 is 2.67 bits per heavy atom. The van der Waals surface area contributed by atoms with Gasteiger partial charge in [0, 0.05) is 30.0 Å². The van der Waals surface area contributed by atoms with Gasteiger partial charge in [0.25, 0.3) is 0 Å². The summed E-state index contributed by atoms with van der Waals surface area (Å²) in [6, 6.07) is 18.2. The van der Waals surface area contributed by atoms with Crippen LogP contribution in [0.4, 0.5) is 11.6 Å². The summed E-state index contributed by atoms with van der Waals surface area (Å²) < 4.78 is 5.35. The van der Waals surface area contributed by atoms with Crippen LogP contribution in [0.15, 0.2) is 54.6 Å². The van der Waals surface area contributed by atoms with E-state index in [0.717, 1.165) is 34.5 Å². The Kier molecular flexibility index (Phi) is 5.37. The molecule has 4 rings (SSSR count). The van der Waals surface area contributed by atoms with E-state index in [4.69, 9.17) is 10.5 Å². The minimum absolute atomic E-state index is 0.0979. The lowest BCUT2D eigenvalue weighted by Gasteiger charge is -2.28. The molecule has 2 heterocycles. The van der Waals surface area contributed by atoms with Gasteiger partial charge in [0.15, 0.2) is 5.82 Å². The largest absolute Gasteiger partial charge is 0.382 e. The van der Waals surface area contributed by atoms with Crippen molar-refractivity contribution < 1.29 is 4.74 Å². The van der Waals surface area contributed by atoms with Gasteiger partial charge in [-0.05, 0) is 35.4 Å². The van der Waals surface area contributed by atoms with Gasteiger partial charge >= 0.3 is 0 Å². The Morgan fingerprint density at radius 2 is 1.90 bits per heavy atom. The van der Waals surface area contributed by atoms with Crippen LogP contribution in [-0.4, -0.2) is 34.0 Å². The summed E-state index contributed by atoms with van der Waals surface area (Å²) in [7, 11) is 1.72. The molecule has 2 aromatic carbocycles. The molecule has 30 heavy (non-hydrogen) atoms. The minimum atomic E-state index is -0.0979. The molecule has 0 bridgehead atoms. The first-order valence-corrected chi connectivity index (χ1v) is 9.87. The lowest BCUT2D eigenvalue weighted by molar-refractivity contribution is 0.183. The zero-order valence-corrected chi connectivity index (χ0v) is 17.4. The van der Waals surface area contributed by atoms with E-state index in [1.54, 1.807) is 7.11 Å². The first-order chi connectivity index (χ1) is 14.5. The van der Waals surface area contributed by atoms with Gasteiger partial charge in [-0.1, -0.05) is 44.2 Å². The number of aromatic nitrogens is 4. The molecule has 0 fully saturated rings. The quantitative estimate of drug-likeness (QED) is 0.429. The molecule has 2 aromatic heterocycles. The van der Waals surface area contributed by atoms with E-state index in [9.17, 15) is 0 Å². The number of methoxy groups -OCH3 is 1. The monoisotopic (exact) mass is 402 g/mol. The van der Waals surface area contributed by atoms with Gasteiger partial charge in [-0.15, -0.1) is 10.2 Å². The second-order valence-corrected chi connectivity index (χ2v) is 8.00. The van der Waals surface area contributed by atoms with E-state index >= 15 is 0 Å². The van der Waals surface area contributed by atoms with Crippen LogP contribution in [0.25, 0.3) is 22.2 Å². The molecule has 7 heteroatoms. The fourth-order valence-corrected chi connectivity index (χ4v) is 3.64. The third-order valence-electron chi connectivity index (χ3n) is 5.31. The highest BCUT2D eigenvalue weighted by molar-refractivity contribution is 5.91. The number of fused-ring (bicyclic) bond motifs is 1. The molecule has 0 unspecified atom stereocenters. The predicted octanol–water partition coefficient (Wildman–Crippen LogP) is 4.14. The normalized spacial score (nSPS) is 11.7. The molecule has 0 saturated carbocycles. The number of nitrogen functional groups attached to an aromatic ring is 1. The third kappa shape index (κ3) is 3.97. The highest BCUT2D eigenvalue weighted by atomic mass is 16.5. The summed E-state index contributed by atoms with van der Waals surface area (Å²) in [5, 5.41) is 20.0. The number of anilines is 2. The van der Waals surface area contributed by atoms with Gasteiger partial charge in [-0.25, -0.2) is 0 Å². The summed E-state index contributed by atoms with van der Waals surface area (Å²) in [6.45, 7) is 5.74. The molecule has 0 saturated heterocycles. The van der Waals surface area contributed by atoms with Gasteiger partial charge < -0.3 is 15.8 Å². The second kappa shape index (κ2) is 8.12. The van der Waals surface area contributed by atoms with Crippen LogP contribution in [0.2, 0.25) is 0 Å². The number of nitrogens with one attached hydrogen (secondary N) is 2. The number of benzene rings is 2. The zero-order chi connectivity index (χ0) is 21.1. The Morgan fingerprint density at radius 1 is 1.07 bits per heavy atom. The zero-order valence-electron chi connectivity index (χ0n) is 17.4. The van der Waals surface area contributed by atoms with Crippen LogP contribution in [0.3, 0.4) is 0 Å². The maximum atomic E-state index is 5.91. The summed E-state index contributed by atoms with van der Waals surface area (Å²) in [5.74, 6) is 1.22. The molecule has 4 N–H and O–H groups in total. The van der Waals surface area contributed by atoms with E-state index in [0.29, 0.717) is 12.4 Å². The lowest BCUT2D eigenvalue weighted by atomic mass is 9.82. The number of aromatic amines is 1. The van der Waals surface area contributed by atoms with Crippen LogP contribution in [0.5, 0.6) is 0 Å².